The molecule has 23 heavy (non-hydrogen) atoms. The van der Waals surface area contributed by atoms with Gasteiger partial charge in [0.05, 0.1) is 5.92 Å². The molecule has 1 heterocycles. The Labute approximate surface area is 134 Å². The molecule has 1 fully saturated rings. The average Bonchev–Trinajstić information content (AvgIpc) is 2.97. The molecule has 0 saturated carbocycles. The molecule has 2 N–H and O–H groups in total. The molecular weight excluding hydrogens is 292 g/mol. The predicted octanol–water partition coefficient (Wildman–Crippen LogP) is 2.10. The van der Waals surface area contributed by atoms with Gasteiger partial charge in [-0.15, -0.1) is 0 Å². The number of rotatable bonds is 5. The van der Waals surface area contributed by atoms with Crippen molar-refractivity contribution in [1.29, 1.82) is 0 Å². The van der Waals surface area contributed by atoms with Crippen LogP contribution in [-0.2, 0) is 16.2 Å². The summed E-state index contributed by atoms with van der Waals surface area (Å²) in [5, 5.41) is 0. The minimum absolute atomic E-state index is 0.0771. The molecule has 2 aromatic carbocycles. The summed E-state index contributed by atoms with van der Waals surface area (Å²) in [4.78, 5) is 24.8. The molecule has 1 aliphatic heterocycles. The lowest BCUT2D eigenvalue weighted by atomic mass is 10.1. The highest BCUT2D eigenvalue weighted by molar-refractivity contribution is 6.00. The number of anilines is 1. The van der Waals surface area contributed by atoms with E-state index in [9.17, 15) is 9.59 Å². The number of nitrogens with zero attached hydrogens (tertiary/aromatic N) is 1. The standard InChI is InChI=1S/C18H18N2O3/c19-18(22)14-10-17(21)20(11-14)15-6-8-16(9-7-15)23-12-13-4-2-1-3-5-13/h1-9,14H,10-12H2,(H2,19,22)/t14-/m1/s1. The number of carbonyl (C=O) groups excluding carboxylic acids is 2. The lowest BCUT2D eigenvalue weighted by Crippen LogP contribution is -2.28. The van der Waals surface area contributed by atoms with E-state index in [4.69, 9.17) is 10.5 Å². The van der Waals surface area contributed by atoms with E-state index in [2.05, 4.69) is 0 Å². The lowest BCUT2D eigenvalue weighted by Gasteiger charge is -2.16. The molecular formula is C18H18N2O3. The highest BCUT2D eigenvalue weighted by Crippen LogP contribution is 2.26. The first-order valence-electron chi connectivity index (χ1n) is 7.50. The van der Waals surface area contributed by atoms with Gasteiger partial charge in [-0.3, -0.25) is 9.59 Å². The number of hydrogen-bond donors (Lipinski definition) is 1. The lowest BCUT2D eigenvalue weighted by molar-refractivity contribution is -0.123. The summed E-state index contributed by atoms with van der Waals surface area (Å²) < 4.78 is 5.72. The van der Waals surface area contributed by atoms with Crippen LogP contribution < -0.4 is 15.4 Å². The summed E-state index contributed by atoms with van der Waals surface area (Å²) >= 11 is 0. The zero-order chi connectivity index (χ0) is 16.2. The largest absolute Gasteiger partial charge is 0.489 e. The highest BCUT2D eigenvalue weighted by Gasteiger charge is 2.33. The topological polar surface area (TPSA) is 72.6 Å². The first kappa shape index (κ1) is 15.1. The van der Waals surface area contributed by atoms with Crippen LogP contribution >= 0.6 is 0 Å². The van der Waals surface area contributed by atoms with Gasteiger partial charge < -0.3 is 15.4 Å². The Morgan fingerprint density at radius 2 is 1.83 bits per heavy atom. The van der Waals surface area contributed by atoms with E-state index in [0.29, 0.717) is 13.2 Å². The van der Waals surface area contributed by atoms with Crippen LogP contribution in [0.2, 0.25) is 0 Å². The Hall–Kier alpha value is -2.82. The predicted molar refractivity (Wildman–Crippen MR) is 86.9 cm³/mol. The first-order valence-corrected chi connectivity index (χ1v) is 7.50. The summed E-state index contributed by atoms with van der Waals surface area (Å²) in [5.74, 6) is -0.178. The van der Waals surface area contributed by atoms with Crippen molar-refractivity contribution in [3.63, 3.8) is 0 Å². The Bertz CT molecular complexity index is 698. The Morgan fingerprint density at radius 1 is 1.13 bits per heavy atom. The van der Waals surface area contributed by atoms with Crippen molar-refractivity contribution in [2.24, 2.45) is 11.7 Å². The molecule has 0 aliphatic carbocycles. The first-order chi connectivity index (χ1) is 11.1. The van der Waals surface area contributed by atoms with Crippen LogP contribution in [0.5, 0.6) is 5.75 Å². The van der Waals surface area contributed by atoms with Crippen molar-refractivity contribution in [1.82, 2.24) is 0 Å². The van der Waals surface area contributed by atoms with E-state index in [1.165, 1.54) is 0 Å². The second kappa shape index (κ2) is 6.52. The zero-order valence-corrected chi connectivity index (χ0v) is 12.6. The van der Waals surface area contributed by atoms with Crippen molar-refractivity contribution in [3.05, 3.63) is 60.2 Å². The minimum Gasteiger partial charge on any atom is -0.489 e. The SMILES string of the molecule is NC(=O)[C@@H]1CC(=O)N(c2ccc(OCc3ccccc3)cc2)C1. The van der Waals surface area contributed by atoms with Gasteiger partial charge in [0.2, 0.25) is 11.8 Å². The molecule has 118 valence electrons. The van der Waals surface area contributed by atoms with Crippen molar-refractivity contribution < 1.29 is 14.3 Å². The summed E-state index contributed by atoms with van der Waals surface area (Å²) in [7, 11) is 0. The van der Waals surface area contributed by atoms with Crippen LogP contribution in [0.25, 0.3) is 0 Å². The maximum atomic E-state index is 12.0. The van der Waals surface area contributed by atoms with Gasteiger partial charge in [0.15, 0.2) is 0 Å². The molecule has 2 amide bonds. The molecule has 2 aromatic rings. The molecule has 5 heteroatoms. The molecule has 1 aliphatic rings. The van der Waals surface area contributed by atoms with Gasteiger partial charge in [0.1, 0.15) is 12.4 Å². The highest BCUT2D eigenvalue weighted by atomic mass is 16.5. The third kappa shape index (κ3) is 3.51. The van der Waals surface area contributed by atoms with Gasteiger partial charge in [-0.25, -0.2) is 0 Å². The summed E-state index contributed by atoms with van der Waals surface area (Å²) in [6, 6.07) is 17.2. The van der Waals surface area contributed by atoms with E-state index in [0.717, 1.165) is 17.0 Å². The molecule has 1 atom stereocenters. The van der Waals surface area contributed by atoms with E-state index in [1.54, 1.807) is 4.90 Å². The number of carbonyl (C=O) groups is 2. The van der Waals surface area contributed by atoms with Crippen LogP contribution in [0.4, 0.5) is 5.69 Å². The van der Waals surface area contributed by atoms with Gasteiger partial charge in [-0.2, -0.15) is 0 Å². The van der Waals surface area contributed by atoms with Gasteiger partial charge in [-0.1, -0.05) is 30.3 Å². The Morgan fingerprint density at radius 3 is 2.43 bits per heavy atom. The van der Waals surface area contributed by atoms with Gasteiger partial charge >= 0.3 is 0 Å². The smallest absolute Gasteiger partial charge is 0.227 e. The van der Waals surface area contributed by atoms with Gasteiger partial charge in [0, 0.05) is 18.7 Å². The normalized spacial score (nSPS) is 17.3. The van der Waals surface area contributed by atoms with Gasteiger partial charge in [-0.05, 0) is 29.8 Å². The Balaban J connectivity index is 1.63. The third-order valence-corrected chi connectivity index (χ3v) is 3.92. The summed E-state index contributed by atoms with van der Waals surface area (Å²) in [6.45, 7) is 0.838. The van der Waals surface area contributed by atoms with Crippen molar-refractivity contribution in [3.8, 4) is 5.75 Å². The van der Waals surface area contributed by atoms with Crippen LogP contribution in [-0.4, -0.2) is 18.4 Å². The number of benzene rings is 2. The van der Waals surface area contributed by atoms with Crippen LogP contribution in [0.15, 0.2) is 54.6 Å². The Kier molecular flexibility index (Phi) is 4.28. The molecule has 0 bridgehead atoms. The quantitative estimate of drug-likeness (QED) is 0.919. The van der Waals surface area contributed by atoms with Crippen LogP contribution in [0.3, 0.4) is 0 Å². The molecule has 1 saturated heterocycles. The van der Waals surface area contributed by atoms with Crippen molar-refractivity contribution in [2.75, 3.05) is 11.4 Å². The minimum atomic E-state index is -0.427. The number of ether oxygens (including phenoxy) is 1. The van der Waals surface area contributed by atoms with Crippen LogP contribution in [0, 0.1) is 5.92 Å². The molecule has 5 nitrogen and oxygen atoms in total. The van der Waals surface area contributed by atoms with Gasteiger partial charge in [0.25, 0.3) is 0 Å². The van der Waals surface area contributed by atoms with E-state index in [1.807, 2.05) is 54.6 Å². The maximum Gasteiger partial charge on any atom is 0.227 e. The van der Waals surface area contributed by atoms with Crippen molar-refractivity contribution in [2.45, 2.75) is 13.0 Å². The fourth-order valence-corrected chi connectivity index (χ4v) is 2.61. The number of nitrogens with two attached hydrogens (primary N) is 1. The zero-order valence-electron chi connectivity index (χ0n) is 12.6. The summed E-state index contributed by atoms with van der Waals surface area (Å²) in [5.41, 5.74) is 7.13. The molecule has 0 radical (unpaired) electrons. The number of primary amides is 1. The molecule has 0 spiro atoms. The molecule has 0 aromatic heterocycles. The third-order valence-electron chi connectivity index (χ3n) is 3.92. The van der Waals surface area contributed by atoms with E-state index < -0.39 is 11.8 Å². The fourth-order valence-electron chi connectivity index (χ4n) is 2.61. The molecule has 3 rings (SSSR count). The van der Waals surface area contributed by atoms with Crippen molar-refractivity contribution >= 4 is 17.5 Å². The average molecular weight is 310 g/mol. The second-order valence-corrected chi connectivity index (χ2v) is 5.58. The number of amides is 2. The summed E-state index contributed by atoms with van der Waals surface area (Å²) in [6.07, 6.45) is 0.182. The number of hydrogen-bond acceptors (Lipinski definition) is 3. The monoisotopic (exact) mass is 310 g/mol. The van der Waals surface area contributed by atoms with E-state index in [-0.39, 0.29) is 12.3 Å². The molecule has 0 unspecified atom stereocenters. The fraction of sp³-hybridized carbons (Fsp3) is 0.222. The maximum absolute atomic E-state index is 12.0. The van der Waals surface area contributed by atoms with E-state index >= 15 is 0 Å². The van der Waals surface area contributed by atoms with Crippen LogP contribution in [0.1, 0.15) is 12.0 Å². The second-order valence-electron chi connectivity index (χ2n) is 5.58.